The van der Waals surface area contributed by atoms with E-state index in [0.29, 0.717) is 12.8 Å². The fraction of sp³-hybridized carbons (Fsp3) is 0.577. The smallest absolute Gasteiger partial charge is 0.326 e. The van der Waals surface area contributed by atoms with Gasteiger partial charge in [0.1, 0.15) is 18.1 Å². The molecule has 0 fully saturated rings. The predicted molar refractivity (Wildman–Crippen MR) is 139 cm³/mol. The number of carbonyl (C=O) groups is 5. The molecule has 0 aliphatic rings. The SMILES string of the molecule is CCC(C)C(N)C(=O)NC(CCC(N)=O)C(=O)NC(Cc1ccccc1)C(=O)NC(C(=O)O)C(C)CC. The van der Waals surface area contributed by atoms with Gasteiger partial charge in [0.25, 0.3) is 0 Å². The van der Waals surface area contributed by atoms with E-state index in [1.54, 1.807) is 44.2 Å². The lowest BCUT2D eigenvalue weighted by Crippen LogP contribution is -2.58. The molecule has 37 heavy (non-hydrogen) atoms. The van der Waals surface area contributed by atoms with Crippen molar-refractivity contribution in [3.63, 3.8) is 0 Å². The van der Waals surface area contributed by atoms with Crippen molar-refractivity contribution in [3.05, 3.63) is 35.9 Å². The zero-order chi connectivity index (χ0) is 28.1. The maximum absolute atomic E-state index is 13.3. The molecule has 0 radical (unpaired) electrons. The third-order valence-electron chi connectivity index (χ3n) is 6.56. The average Bonchev–Trinajstić information content (AvgIpc) is 2.87. The van der Waals surface area contributed by atoms with Crippen molar-refractivity contribution in [2.75, 3.05) is 0 Å². The molecule has 11 heteroatoms. The summed E-state index contributed by atoms with van der Waals surface area (Å²) in [6.45, 7) is 7.21. The topological polar surface area (TPSA) is 194 Å². The molecule has 206 valence electrons. The van der Waals surface area contributed by atoms with E-state index in [2.05, 4.69) is 16.0 Å². The third-order valence-corrected chi connectivity index (χ3v) is 6.56. The van der Waals surface area contributed by atoms with Crippen LogP contribution in [-0.4, -0.2) is 58.9 Å². The van der Waals surface area contributed by atoms with Crippen LogP contribution in [0.1, 0.15) is 58.9 Å². The molecule has 11 nitrogen and oxygen atoms in total. The van der Waals surface area contributed by atoms with Crippen LogP contribution < -0.4 is 27.4 Å². The Morgan fingerprint density at radius 1 is 0.838 bits per heavy atom. The summed E-state index contributed by atoms with van der Waals surface area (Å²) in [6.07, 6.45) is 0.970. The monoisotopic (exact) mass is 519 g/mol. The van der Waals surface area contributed by atoms with Gasteiger partial charge in [-0.2, -0.15) is 0 Å². The molecule has 6 unspecified atom stereocenters. The van der Waals surface area contributed by atoms with Crippen LogP contribution in [0.25, 0.3) is 0 Å². The maximum atomic E-state index is 13.3. The number of benzene rings is 1. The van der Waals surface area contributed by atoms with Gasteiger partial charge in [-0.1, -0.05) is 70.9 Å². The van der Waals surface area contributed by atoms with Gasteiger partial charge in [-0.15, -0.1) is 0 Å². The molecule has 1 aromatic rings. The molecule has 1 rings (SSSR count). The van der Waals surface area contributed by atoms with E-state index in [1.807, 2.05) is 13.8 Å². The van der Waals surface area contributed by atoms with Gasteiger partial charge in [-0.3, -0.25) is 19.2 Å². The van der Waals surface area contributed by atoms with Crippen molar-refractivity contribution in [3.8, 4) is 0 Å². The molecule has 4 amide bonds. The second-order valence-corrected chi connectivity index (χ2v) is 9.44. The maximum Gasteiger partial charge on any atom is 0.326 e. The first-order valence-electron chi connectivity index (χ1n) is 12.6. The van der Waals surface area contributed by atoms with Gasteiger partial charge in [-0.05, 0) is 23.8 Å². The summed E-state index contributed by atoms with van der Waals surface area (Å²) in [7, 11) is 0. The summed E-state index contributed by atoms with van der Waals surface area (Å²) in [6, 6.07) is 4.56. The lowest BCUT2D eigenvalue weighted by Gasteiger charge is -2.27. The highest BCUT2D eigenvalue weighted by atomic mass is 16.4. The number of nitrogens with two attached hydrogens (primary N) is 2. The van der Waals surface area contributed by atoms with E-state index in [1.165, 1.54) is 0 Å². The first kappa shape index (κ1) is 31.6. The van der Waals surface area contributed by atoms with E-state index in [0.717, 1.165) is 5.56 Å². The summed E-state index contributed by atoms with van der Waals surface area (Å²) in [5, 5.41) is 17.3. The Morgan fingerprint density at radius 2 is 1.38 bits per heavy atom. The van der Waals surface area contributed by atoms with Crippen molar-refractivity contribution in [2.45, 2.75) is 84.0 Å². The minimum absolute atomic E-state index is 0.0775. The van der Waals surface area contributed by atoms with Crippen LogP contribution in [-0.2, 0) is 30.4 Å². The van der Waals surface area contributed by atoms with E-state index in [9.17, 15) is 29.1 Å². The second kappa shape index (κ2) is 15.6. The zero-order valence-electron chi connectivity index (χ0n) is 22.0. The minimum atomic E-state index is -1.18. The third kappa shape index (κ3) is 10.6. The number of carboxylic acid groups (broad SMARTS) is 1. The number of rotatable bonds is 16. The Morgan fingerprint density at radius 3 is 1.89 bits per heavy atom. The molecular weight excluding hydrogens is 478 g/mol. The first-order valence-corrected chi connectivity index (χ1v) is 12.6. The predicted octanol–water partition coefficient (Wildman–Crippen LogP) is 0.453. The molecule has 0 saturated heterocycles. The quantitative estimate of drug-likeness (QED) is 0.182. The number of aliphatic carboxylic acids is 1. The van der Waals surface area contributed by atoms with Crippen LogP contribution >= 0.6 is 0 Å². The zero-order valence-corrected chi connectivity index (χ0v) is 22.0. The van der Waals surface area contributed by atoms with E-state index in [-0.39, 0.29) is 31.1 Å². The molecule has 8 N–H and O–H groups in total. The van der Waals surface area contributed by atoms with E-state index in [4.69, 9.17) is 11.5 Å². The summed E-state index contributed by atoms with van der Waals surface area (Å²) < 4.78 is 0. The van der Waals surface area contributed by atoms with E-state index < -0.39 is 53.8 Å². The lowest BCUT2D eigenvalue weighted by molar-refractivity contribution is -0.143. The van der Waals surface area contributed by atoms with Crippen LogP contribution in [0, 0.1) is 11.8 Å². The molecular formula is C26H41N5O6. The number of hydrogen-bond donors (Lipinski definition) is 6. The number of nitrogens with one attached hydrogen (secondary N) is 3. The van der Waals surface area contributed by atoms with Crippen molar-refractivity contribution in [1.29, 1.82) is 0 Å². The first-order chi connectivity index (χ1) is 17.4. The molecule has 6 atom stereocenters. The van der Waals surface area contributed by atoms with Gasteiger partial charge in [-0.25, -0.2) is 4.79 Å². The van der Waals surface area contributed by atoms with Crippen LogP contribution in [0.5, 0.6) is 0 Å². The second-order valence-electron chi connectivity index (χ2n) is 9.44. The summed E-state index contributed by atoms with van der Waals surface area (Å²) >= 11 is 0. The fourth-order valence-electron chi connectivity index (χ4n) is 3.60. The summed E-state index contributed by atoms with van der Waals surface area (Å²) in [4.78, 5) is 62.3. The molecule has 0 aromatic heterocycles. The van der Waals surface area contributed by atoms with Crippen LogP contribution in [0.3, 0.4) is 0 Å². The van der Waals surface area contributed by atoms with Crippen LogP contribution in [0.15, 0.2) is 30.3 Å². The molecule has 0 aliphatic carbocycles. The summed E-state index contributed by atoms with van der Waals surface area (Å²) in [5.74, 6) is -4.29. The number of hydrogen-bond acceptors (Lipinski definition) is 6. The number of carbonyl (C=O) groups excluding carboxylic acids is 4. The molecule has 0 aliphatic heterocycles. The Hall–Kier alpha value is -3.47. The van der Waals surface area contributed by atoms with Crippen molar-refractivity contribution in [1.82, 2.24) is 16.0 Å². The average molecular weight is 520 g/mol. The van der Waals surface area contributed by atoms with Crippen LogP contribution in [0.2, 0.25) is 0 Å². The standard InChI is InChI=1S/C26H41N5O6/c1-5-15(3)21(28)25(35)29-18(12-13-20(27)32)23(33)30-19(14-17-10-8-7-9-11-17)24(34)31-22(26(36)37)16(4)6-2/h7-11,15-16,18-19,21-22H,5-6,12-14,28H2,1-4H3,(H2,27,32)(H,29,35)(H,30,33)(H,31,34)(H,36,37). The lowest BCUT2D eigenvalue weighted by atomic mass is 9.97. The van der Waals surface area contributed by atoms with Gasteiger partial charge in [0.05, 0.1) is 6.04 Å². The Bertz CT molecular complexity index is 925. The largest absolute Gasteiger partial charge is 0.480 e. The van der Waals surface area contributed by atoms with Crippen LogP contribution in [0.4, 0.5) is 0 Å². The number of primary amides is 1. The van der Waals surface area contributed by atoms with Gasteiger partial charge < -0.3 is 32.5 Å². The molecule has 0 heterocycles. The highest BCUT2D eigenvalue weighted by Crippen LogP contribution is 2.11. The van der Waals surface area contributed by atoms with Crippen molar-refractivity contribution >= 4 is 29.6 Å². The van der Waals surface area contributed by atoms with E-state index >= 15 is 0 Å². The van der Waals surface area contributed by atoms with Gasteiger partial charge in [0.15, 0.2) is 0 Å². The molecule has 0 saturated carbocycles. The Balaban J connectivity index is 3.18. The summed E-state index contributed by atoms with van der Waals surface area (Å²) in [5.41, 5.74) is 12.0. The van der Waals surface area contributed by atoms with Crippen molar-refractivity contribution in [2.24, 2.45) is 23.3 Å². The Kier molecular flexibility index (Phi) is 13.3. The fourth-order valence-corrected chi connectivity index (χ4v) is 3.60. The molecule has 1 aromatic carbocycles. The minimum Gasteiger partial charge on any atom is -0.480 e. The molecule has 0 spiro atoms. The van der Waals surface area contributed by atoms with Crippen molar-refractivity contribution < 1.29 is 29.1 Å². The highest BCUT2D eigenvalue weighted by molar-refractivity contribution is 5.94. The Labute approximate surface area is 218 Å². The normalized spacial score (nSPS) is 15.8. The number of amides is 4. The van der Waals surface area contributed by atoms with Gasteiger partial charge in [0, 0.05) is 12.8 Å². The van der Waals surface area contributed by atoms with Gasteiger partial charge >= 0.3 is 5.97 Å². The highest BCUT2D eigenvalue weighted by Gasteiger charge is 2.32. The number of carboxylic acids is 1. The van der Waals surface area contributed by atoms with Gasteiger partial charge in [0.2, 0.25) is 23.6 Å². The molecule has 0 bridgehead atoms.